The topological polar surface area (TPSA) is 24.1 Å². The zero-order chi connectivity index (χ0) is 11.5. The molecule has 1 aromatic rings. The van der Waals surface area contributed by atoms with Crippen molar-refractivity contribution in [2.75, 3.05) is 0 Å². The first kappa shape index (κ1) is 11.3. The smallest absolute Gasteiger partial charge is 0.166 e. The van der Waals surface area contributed by atoms with Crippen LogP contribution >= 0.6 is 12.2 Å². The third-order valence-corrected chi connectivity index (χ3v) is 2.61. The first-order chi connectivity index (χ1) is 7.65. The molecule has 0 aliphatic heterocycles. The Bertz CT molecular complexity index is 405. The molecule has 0 aromatic heterocycles. The van der Waals surface area contributed by atoms with E-state index in [4.69, 9.17) is 12.2 Å². The Morgan fingerprint density at radius 3 is 2.69 bits per heavy atom. The van der Waals surface area contributed by atoms with Crippen LogP contribution in [0.15, 0.2) is 18.2 Å². The number of nitrogens with one attached hydrogen (secondary N) is 2. The summed E-state index contributed by atoms with van der Waals surface area (Å²) in [6.45, 7) is 0.399. The van der Waals surface area contributed by atoms with E-state index < -0.39 is 11.6 Å². The molecule has 2 rings (SSSR count). The fraction of sp³-hybridized carbons (Fsp3) is 0.364. The average molecular weight is 242 g/mol. The minimum absolute atomic E-state index is 0.399. The lowest BCUT2D eigenvalue weighted by atomic mass is 10.2. The van der Waals surface area contributed by atoms with Crippen molar-refractivity contribution in [2.45, 2.75) is 25.4 Å². The second kappa shape index (κ2) is 4.74. The quantitative estimate of drug-likeness (QED) is 0.794. The van der Waals surface area contributed by atoms with Crippen molar-refractivity contribution in [3.8, 4) is 0 Å². The number of hydrogen-bond donors (Lipinski definition) is 2. The molecule has 2 nitrogen and oxygen atoms in total. The van der Waals surface area contributed by atoms with Crippen molar-refractivity contribution >= 4 is 17.3 Å². The summed E-state index contributed by atoms with van der Waals surface area (Å²) in [5.74, 6) is -1.66. The summed E-state index contributed by atoms with van der Waals surface area (Å²) < 4.78 is 25.5. The van der Waals surface area contributed by atoms with E-state index in [1.165, 1.54) is 12.1 Å². The first-order valence-corrected chi connectivity index (χ1v) is 5.54. The predicted molar refractivity (Wildman–Crippen MR) is 62.0 cm³/mol. The number of thiocarbonyl (C=S) groups is 1. The van der Waals surface area contributed by atoms with Gasteiger partial charge in [-0.05, 0) is 42.8 Å². The van der Waals surface area contributed by atoms with Gasteiger partial charge in [0.2, 0.25) is 0 Å². The van der Waals surface area contributed by atoms with Gasteiger partial charge in [-0.15, -0.1) is 0 Å². The van der Waals surface area contributed by atoms with Crippen LogP contribution in [0.2, 0.25) is 0 Å². The van der Waals surface area contributed by atoms with E-state index in [1.807, 2.05) is 0 Å². The first-order valence-electron chi connectivity index (χ1n) is 5.13. The lowest BCUT2D eigenvalue weighted by molar-refractivity contribution is 0.507. The number of halogens is 2. The summed E-state index contributed by atoms with van der Waals surface area (Å²) in [4.78, 5) is 0. The lowest BCUT2D eigenvalue weighted by Crippen LogP contribution is -2.36. The monoisotopic (exact) mass is 242 g/mol. The lowest BCUT2D eigenvalue weighted by Gasteiger charge is -2.09. The van der Waals surface area contributed by atoms with Crippen LogP contribution in [0.4, 0.5) is 8.78 Å². The van der Waals surface area contributed by atoms with E-state index in [1.54, 1.807) is 0 Å². The summed E-state index contributed by atoms with van der Waals surface area (Å²) in [5, 5.41) is 6.61. The minimum atomic E-state index is -0.833. The van der Waals surface area contributed by atoms with E-state index in [0.29, 0.717) is 23.3 Å². The van der Waals surface area contributed by atoms with Gasteiger partial charge in [0.1, 0.15) is 0 Å². The molecule has 0 atom stereocenters. The molecule has 1 aliphatic rings. The van der Waals surface area contributed by atoms with Gasteiger partial charge in [0.25, 0.3) is 0 Å². The molecular weight excluding hydrogens is 230 g/mol. The summed E-state index contributed by atoms with van der Waals surface area (Å²) in [7, 11) is 0. The van der Waals surface area contributed by atoms with Crippen LogP contribution in [0.3, 0.4) is 0 Å². The molecule has 2 N–H and O–H groups in total. The maximum absolute atomic E-state index is 12.9. The highest BCUT2D eigenvalue weighted by Gasteiger charge is 2.21. The third kappa shape index (κ3) is 3.13. The third-order valence-electron chi connectivity index (χ3n) is 2.35. The van der Waals surface area contributed by atoms with Crippen LogP contribution in [0.5, 0.6) is 0 Å². The molecule has 0 saturated heterocycles. The Hall–Kier alpha value is -1.23. The molecule has 16 heavy (non-hydrogen) atoms. The van der Waals surface area contributed by atoms with E-state index in [9.17, 15) is 8.78 Å². The molecular formula is C11H12F2N2S. The summed E-state index contributed by atoms with van der Waals surface area (Å²) in [6.07, 6.45) is 2.29. The van der Waals surface area contributed by atoms with E-state index in [-0.39, 0.29) is 0 Å². The highest BCUT2D eigenvalue weighted by Crippen LogP contribution is 2.18. The predicted octanol–water partition coefficient (Wildman–Crippen LogP) is 2.09. The van der Waals surface area contributed by atoms with Crippen LogP contribution in [0.1, 0.15) is 18.4 Å². The van der Waals surface area contributed by atoms with E-state index >= 15 is 0 Å². The second-order valence-electron chi connectivity index (χ2n) is 3.85. The molecule has 0 bridgehead atoms. The van der Waals surface area contributed by atoms with Gasteiger partial charge in [0.15, 0.2) is 16.7 Å². The van der Waals surface area contributed by atoms with Crippen molar-refractivity contribution in [3.63, 3.8) is 0 Å². The SMILES string of the molecule is Fc1ccc(CNC(=S)NC2CC2)cc1F. The highest BCUT2D eigenvalue weighted by atomic mass is 32.1. The highest BCUT2D eigenvalue weighted by molar-refractivity contribution is 7.80. The van der Waals surface area contributed by atoms with Gasteiger partial charge in [-0.3, -0.25) is 0 Å². The summed E-state index contributed by atoms with van der Waals surface area (Å²) in [5.41, 5.74) is 0.666. The molecule has 1 aromatic carbocycles. The molecule has 1 aliphatic carbocycles. The van der Waals surface area contributed by atoms with E-state index in [0.717, 1.165) is 18.9 Å². The van der Waals surface area contributed by atoms with Gasteiger partial charge >= 0.3 is 0 Å². The fourth-order valence-corrected chi connectivity index (χ4v) is 1.53. The molecule has 1 fully saturated rings. The molecule has 0 spiro atoms. The normalized spacial score (nSPS) is 14.6. The van der Waals surface area contributed by atoms with Gasteiger partial charge in [0, 0.05) is 12.6 Å². The fourth-order valence-electron chi connectivity index (χ4n) is 1.30. The minimum Gasteiger partial charge on any atom is -0.360 e. The van der Waals surface area contributed by atoms with E-state index in [2.05, 4.69) is 10.6 Å². The Kier molecular flexibility index (Phi) is 3.33. The van der Waals surface area contributed by atoms with Gasteiger partial charge in [0.05, 0.1) is 0 Å². The van der Waals surface area contributed by atoms with Crippen LogP contribution in [0.25, 0.3) is 0 Å². The maximum Gasteiger partial charge on any atom is 0.166 e. The van der Waals surface area contributed by atoms with Crippen molar-refractivity contribution < 1.29 is 8.78 Å². The molecule has 0 radical (unpaired) electrons. The van der Waals surface area contributed by atoms with Gasteiger partial charge < -0.3 is 10.6 Å². The van der Waals surface area contributed by atoms with Gasteiger partial charge in [-0.2, -0.15) is 0 Å². The standard InChI is InChI=1S/C11H12F2N2S/c12-9-4-1-7(5-10(9)13)6-14-11(16)15-8-2-3-8/h1,4-5,8H,2-3,6H2,(H2,14,15,16). The molecule has 0 amide bonds. The number of rotatable bonds is 3. The maximum atomic E-state index is 12.9. The zero-order valence-electron chi connectivity index (χ0n) is 8.59. The Labute approximate surface area is 98.0 Å². The summed E-state index contributed by atoms with van der Waals surface area (Å²) >= 11 is 5.04. The Morgan fingerprint density at radius 2 is 2.06 bits per heavy atom. The average Bonchev–Trinajstić information content (AvgIpc) is 3.04. The molecule has 86 valence electrons. The van der Waals surface area contributed by atoms with Crippen LogP contribution in [-0.4, -0.2) is 11.2 Å². The van der Waals surface area contributed by atoms with Crippen molar-refractivity contribution in [3.05, 3.63) is 35.4 Å². The second-order valence-corrected chi connectivity index (χ2v) is 4.26. The number of hydrogen-bond acceptors (Lipinski definition) is 1. The number of benzene rings is 1. The Morgan fingerprint density at radius 1 is 1.31 bits per heavy atom. The Balaban J connectivity index is 1.83. The van der Waals surface area contributed by atoms with Gasteiger partial charge in [-0.1, -0.05) is 6.07 Å². The van der Waals surface area contributed by atoms with Gasteiger partial charge in [-0.25, -0.2) is 8.78 Å². The molecule has 0 unspecified atom stereocenters. The zero-order valence-corrected chi connectivity index (χ0v) is 9.41. The van der Waals surface area contributed by atoms with Crippen LogP contribution < -0.4 is 10.6 Å². The molecule has 1 saturated carbocycles. The van der Waals surface area contributed by atoms with Crippen LogP contribution in [-0.2, 0) is 6.54 Å². The van der Waals surface area contributed by atoms with Crippen molar-refractivity contribution in [1.82, 2.24) is 10.6 Å². The van der Waals surface area contributed by atoms with Crippen LogP contribution in [0, 0.1) is 11.6 Å². The van der Waals surface area contributed by atoms with Crippen molar-refractivity contribution in [2.24, 2.45) is 0 Å². The molecule has 0 heterocycles. The molecule has 5 heteroatoms. The summed E-state index contributed by atoms with van der Waals surface area (Å²) in [6, 6.07) is 4.31. The van der Waals surface area contributed by atoms with Crippen molar-refractivity contribution in [1.29, 1.82) is 0 Å². The largest absolute Gasteiger partial charge is 0.360 e.